The number of aromatic hydroxyl groups is 2. The highest BCUT2D eigenvalue weighted by Crippen LogP contribution is 2.41. The lowest BCUT2D eigenvalue weighted by atomic mass is 9.90. The van der Waals surface area contributed by atoms with Crippen LogP contribution in [0.15, 0.2) is 60.2 Å². The molecule has 2 fully saturated rings. The van der Waals surface area contributed by atoms with Crippen molar-refractivity contribution in [2.45, 2.75) is 84.3 Å². The Bertz CT molecular complexity index is 2210. The number of benzene rings is 3. The highest BCUT2D eigenvalue weighted by Gasteiger charge is 2.40. The Balaban J connectivity index is 0.916. The van der Waals surface area contributed by atoms with Gasteiger partial charge in [-0.1, -0.05) is 32.0 Å². The summed E-state index contributed by atoms with van der Waals surface area (Å²) in [6.45, 7) is 8.35. The number of likely N-dealkylation sites (tertiary alicyclic amines) is 1. The molecule has 2 saturated heterocycles. The summed E-state index contributed by atoms with van der Waals surface area (Å²) < 4.78 is 5.28. The van der Waals surface area contributed by atoms with Gasteiger partial charge in [0.05, 0.1) is 17.4 Å². The molecule has 5 N–H and O–H groups in total. The summed E-state index contributed by atoms with van der Waals surface area (Å²) in [6.07, 6.45) is 1.78. The minimum atomic E-state index is -0.846. The van der Waals surface area contributed by atoms with Gasteiger partial charge in [-0.25, -0.2) is 9.59 Å². The summed E-state index contributed by atoms with van der Waals surface area (Å²) in [5.74, 6) is -1.40. The number of hydrogen-bond donors (Lipinski definition) is 5. The molecule has 0 aliphatic carbocycles. The van der Waals surface area contributed by atoms with Crippen molar-refractivity contribution >= 4 is 52.8 Å². The van der Waals surface area contributed by atoms with Gasteiger partial charge in [0.25, 0.3) is 11.8 Å². The van der Waals surface area contributed by atoms with Gasteiger partial charge in [-0.3, -0.25) is 34.7 Å². The van der Waals surface area contributed by atoms with Gasteiger partial charge in [0.2, 0.25) is 11.8 Å². The highest BCUT2D eigenvalue weighted by molar-refractivity contribution is 6.09. The van der Waals surface area contributed by atoms with Gasteiger partial charge in [0, 0.05) is 54.5 Å². The molecule has 0 bridgehead atoms. The van der Waals surface area contributed by atoms with E-state index in [1.54, 1.807) is 34.1 Å². The molecule has 58 heavy (non-hydrogen) atoms. The monoisotopic (exact) mass is 792 g/mol. The number of rotatable bonds is 9. The minimum Gasteiger partial charge on any atom is -0.508 e. The van der Waals surface area contributed by atoms with E-state index in [4.69, 9.17) is 4.74 Å². The fourth-order valence-corrected chi connectivity index (χ4v) is 8.23. The smallest absolute Gasteiger partial charge is 0.412 e. The topological polar surface area (TPSA) is 198 Å². The van der Waals surface area contributed by atoms with E-state index in [0.29, 0.717) is 58.3 Å². The number of hydrogen-bond acceptors (Lipinski definition) is 9. The van der Waals surface area contributed by atoms with Crippen LogP contribution >= 0.6 is 0 Å². The quantitative estimate of drug-likeness (QED) is 0.177. The molecule has 4 aliphatic rings. The standard InChI is InChI=1S/C43H48N6O9/c1-23(2)30-19-31(36(51)20-35(30)50)39-24(3)25(4)44-42(56)49(39)28-10-8-26(9-11-28)18-27-14-16-47(17-15-27)38(53)22-58-43(57)45-33-7-5-6-29-32(33)21-48(41(29)55)34-12-13-37(52)46-40(34)54/h5-11,19-20,23,25,27,34,50-51H,12-18,21-22H2,1-4H3,(H,44,56)(H,45,57)(H,46,52,54). The number of amides is 7. The molecule has 3 aromatic carbocycles. The van der Waals surface area contributed by atoms with Crippen molar-refractivity contribution in [2.24, 2.45) is 5.92 Å². The van der Waals surface area contributed by atoms with Crippen LogP contribution in [0.2, 0.25) is 0 Å². The van der Waals surface area contributed by atoms with E-state index in [2.05, 4.69) is 16.0 Å². The third-order valence-electron chi connectivity index (χ3n) is 11.6. The summed E-state index contributed by atoms with van der Waals surface area (Å²) in [4.78, 5) is 81.1. The van der Waals surface area contributed by atoms with Crippen molar-refractivity contribution in [3.05, 3.63) is 88.0 Å². The normalized spacial score (nSPS) is 20.0. The molecule has 4 aliphatic heterocycles. The van der Waals surface area contributed by atoms with Gasteiger partial charge in [-0.15, -0.1) is 0 Å². The molecule has 15 heteroatoms. The molecule has 7 amide bonds. The average Bonchev–Trinajstić information content (AvgIpc) is 3.52. The molecular weight excluding hydrogens is 745 g/mol. The molecule has 7 rings (SSSR count). The summed E-state index contributed by atoms with van der Waals surface area (Å²) in [5, 5.41) is 29.3. The fraction of sp³-hybridized carbons (Fsp3) is 0.395. The first kappa shape index (κ1) is 39.8. The predicted molar refractivity (Wildman–Crippen MR) is 214 cm³/mol. The number of carbonyl (C=O) groups excluding carboxylic acids is 6. The van der Waals surface area contributed by atoms with E-state index in [0.717, 1.165) is 30.4 Å². The number of imide groups is 1. The van der Waals surface area contributed by atoms with Gasteiger partial charge < -0.3 is 30.1 Å². The predicted octanol–water partition coefficient (Wildman–Crippen LogP) is 5.36. The maximum atomic E-state index is 13.5. The van der Waals surface area contributed by atoms with E-state index in [-0.39, 0.29) is 66.6 Å². The lowest BCUT2D eigenvalue weighted by Crippen LogP contribution is -2.52. The Morgan fingerprint density at radius 1 is 0.948 bits per heavy atom. The SMILES string of the molecule is CC1=C(c2cc(C(C)C)c(O)cc2O)N(c2ccc(CC3CCN(C(=O)COC(=O)Nc4cccc5c4CN(C4CCC(=O)NC4=O)C5=O)CC3)cc2)C(=O)NC1C. The number of carbonyl (C=O) groups is 6. The van der Waals surface area contributed by atoms with Gasteiger partial charge >= 0.3 is 12.1 Å². The van der Waals surface area contributed by atoms with E-state index < -0.39 is 24.6 Å². The summed E-state index contributed by atoms with van der Waals surface area (Å²) in [6, 6.07) is 14.3. The molecule has 2 atom stereocenters. The number of anilines is 2. The van der Waals surface area contributed by atoms with Gasteiger partial charge in [0.1, 0.15) is 17.5 Å². The van der Waals surface area contributed by atoms with Crippen LogP contribution in [0.4, 0.5) is 21.0 Å². The zero-order valence-corrected chi connectivity index (χ0v) is 33.0. The molecule has 0 saturated carbocycles. The zero-order valence-electron chi connectivity index (χ0n) is 33.0. The third-order valence-corrected chi connectivity index (χ3v) is 11.6. The van der Waals surface area contributed by atoms with Crippen LogP contribution in [-0.4, -0.2) is 87.5 Å². The third kappa shape index (κ3) is 7.93. The van der Waals surface area contributed by atoms with Crippen molar-refractivity contribution < 1.29 is 43.7 Å². The molecule has 15 nitrogen and oxygen atoms in total. The van der Waals surface area contributed by atoms with Crippen LogP contribution < -0.4 is 20.9 Å². The molecule has 3 aromatic rings. The van der Waals surface area contributed by atoms with Crippen LogP contribution in [-0.2, 0) is 32.1 Å². The number of ether oxygens (including phenoxy) is 1. The molecule has 2 unspecified atom stereocenters. The fourth-order valence-electron chi connectivity index (χ4n) is 8.23. The van der Waals surface area contributed by atoms with Crippen LogP contribution in [0, 0.1) is 5.92 Å². The number of nitrogens with zero attached hydrogens (tertiary/aromatic N) is 3. The molecule has 304 valence electrons. The van der Waals surface area contributed by atoms with Crippen LogP contribution in [0.1, 0.15) is 91.9 Å². The molecule has 0 radical (unpaired) electrons. The Kier molecular flexibility index (Phi) is 11.2. The van der Waals surface area contributed by atoms with E-state index in [1.165, 1.54) is 11.0 Å². The van der Waals surface area contributed by atoms with Gasteiger partial charge in [0.15, 0.2) is 6.61 Å². The van der Waals surface area contributed by atoms with Gasteiger partial charge in [-0.2, -0.15) is 0 Å². The number of fused-ring (bicyclic) bond motifs is 1. The first-order valence-electron chi connectivity index (χ1n) is 19.6. The zero-order chi connectivity index (χ0) is 41.4. The summed E-state index contributed by atoms with van der Waals surface area (Å²) in [7, 11) is 0. The van der Waals surface area contributed by atoms with Crippen LogP contribution in [0.5, 0.6) is 11.5 Å². The van der Waals surface area contributed by atoms with Crippen molar-refractivity contribution in [3.8, 4) is 11.5 Å². The number of phenolic OH excluding ortho intramolecular Hbond substituents is 2. The maximum Gasteiger partial charge on any atom is 0.412 e. The van der Waals surface area contributed by atoms with Crippen LogP contribution in [0.25, 0.3) is 5.70 Å². The maximum absolute atomic E-state index is 13.5. The van der Waals surface area contributed by atoms with Crippen molar-refractivity contribution in [1.29, 1.82) is 0 Å². The number of piperidine rings is 2. The second-order valence-corrected chi connectivity index (χ2v) is 15.7. The average molecular weight is 793 g/mol. The molecule has 4 heterocycles. The first-order valence-corrected chi connectivity index (χ1v) is 19.6. The number of phenols is 2. The van der Waals surface area contributed by atoms with Crippen molar-refractivity contribution in [2.75, 3.05) is 29.9 Å². The Morgan fingerprint density at radius 2 is 1.67 bits per heavy atom. The summed E-state index contributed by atoms with van der Waals surface area (Å²) >= 11 is 0. The molecule has 0 spiro atoms. The second-order valence-electron chi connectivity index (χ2n) is 15.7. The molecular formula is C43H48N6O9. The lowest BCUT2D eigenvalue weighted by molar-refractivity contribution is -0.137. The van der Waals surface area contributed by atoms with E-state index >= 15 is 0 Å². The Labute approximate surface area is 336 Å². The van der Waals surface area contributed by atoms with E-state index in [9.17, 15) is 39.0 Å². The molecule has 0 aromatic heterocycles. The van der Waals surface area contributed by atoms with Crippen molar-refractivity contribution in [1.82, 2.24) is 20.4 Å². The second kappa shape index (κ2) is 16.2. The van der Waals surface area contributed by atoms with Gasteiger partial charge in [-0.05, 0) is 98.4 Å². The highest BCUT2D eigenvalue weighted by atomic mass is 16.6. The van der Waals surface area contributed by atoms with E-state index in [1.807, 2.05) is 52.0 Å². The Morgan fingerprint density at radius 3 is 2.36 bits per heavy atom. The van der Waals surface area contributed by atoms with Crippen LogP contribution in [0.3, 0.4) is 0 Å². The lowest BCUT2D eigenvalue weighted by Gasteiger charge is -2.36. The van der Waals surface area contributed by atoms with Crippen molar-refractivity contribution in [3.63, 3.8) is 0 Å². The minimum absolute atomic E-state index is 0.000475. The number of nitrogens with one attached hydrogen (secondary N) is 3. The Hall–Kier alpha value is -6.38. The largest absolute Gasteiger partial charge is 0.508 e. The summed E-state index contributed by atoms with van der Waals surface area (Å²) in [5.41, 5.74) is 5.48. The number of urea groups is 1. The first-order chi connectivity index (χ1) is 27.7.